The van der Waals surface area contributed by atoms with Crippen LogP contribution in [0.5, 0.6) is 0 Å². The molecule has 0 atom stereocenters. The Balaban J connectivity index is 2.01. The second kappa shape index (κ2) is 7.87. The molecule has 1 heterocycles. The van der Waals surface area contributed by atoms with Gasteiger partial charge in [-0.2, -0.15) is 0 Å². The molecule has 1 fully saturated rings. The van der Waals surface area contributed by atoms with Gasteiger partial charge in [-0.3, -0.25) is 0 Å². The molecule has 0 bridgehead atoms. The third kappa shape index (κ3) is 4.37. The van der Waals surface area contributed by atoms with E-state index < -0.39 is 0 Å². The zero-order valence-electron chi connectivity index (χ0n) is 12.7. The lowest BCUT2D eigenvalue weighted by Crippen LogP contribution is -2.29. The molecule has 0 radical (unpaired) electrons. The van der Waals surface area contributed by atoms with Gasteiger partial charge in [0, 0.05) is 26.2 Å². The summed E-state index contributed by atoms with van der Waals surface area (Å²) in [5, 5.41) is 4.29. The fourth-order valence-corrected chi connectivity index (χ4v) is 2.94. The Kier molecular flexibility index (Phi) is 6.14. The average Bonchev–Trinajstić information content (AvgIpc) is 2.64. The van der Waals surface area contributed by atoms with E-state index in [9.17, 15) is 0 Å². The molecule has 0 aromatic heterocycles. The van der Waals surface area contributed by atoms with E-state index >= 15 is 0 Å². The van der Waals surface area contributed by atoms with Crippen molar-refractivity contribution in [2.45, 2.75) is 26.3 Å². The molecule has 0 unspecified atom stereocenters. The third-order valence-electron chi connectivity index (χ3n) is 3.83. The Labute approximate surface area is 127 Å². The first-order valence-corrected chi connectivity index (χ1v) is 8.01. The van der Waals surface area contributed by atoms with Gasteiger partial charge in [0.05, 0.1) is 10.7 Å². The molecule has 1 aliphatic heterocycles. The second-order valence-corrected chi connectivity index (χ2v) is 6.01. The number of nitrogens with zero attached hydrogens (tertiary/aromatic N) is 2. The highest BCUT2D eigenvalue weighted by Crippen LogP contribution is 2.27. The maximum absolute atomic E-state index is 6.48. The minimum atomic E-state index is 0.880. The minimum absolute atomic E-state index is 0.880. The van der Waals surface area contributed by atoms with E-state index in [0.717, 1.165) is 44.2 Å². The first kappa shape index (κ1) is 15.6. The highest BCUT2D eigenvalue weighted by molar-refractivity contribution is 6.33. The topological polar surface area (TPSA) is 18.5 Å². The fourth-order valence-electron chi connectivity index (χ4n) is 2.61. The van der Waals surface area contributed by atoms with Gasteiger partial charge in [0.1, 0.15) is 0 Å². The van der Waals surface area contributed by atoms with E-state index in [1.807, 2.05) is 0 Å². The van der Waals surface area contributed by atoms with E-state index in [0.29, 0.717) is 0 Å². The van der Waals surface area contributed by atoms with Crippen LogP contribution in [0, 0.1) is 0 Å². The van der Waals surface area contributed by atoms with Gasteiger partial charge in [-0.05, 0) is 50.7 Å². The van der Waals surface area contributed by atoms with Crippen LogP contribution >= 0.6 is 11.6 Å². The molecule has 0 amide bonds. The molecule has 0 saturated carbocycles. The Bertz CT molecular complexity index is 422. The molecule has 0 spiro atoms. The molecule has 0 aliphatic carbocycles. The Morgan fingerprint density at radius 2 is 2.05 bits per heavy atom. The fraction of sp³-hybridized carbons (Fsp3) is 0.625. The van der Waals surface area contributed by atoms with Gasteiger partial charge in [-0.15, -0.1) is 0 Å². The van der Waals surface area contributed by atoms with Crippen LogP contribution in [0.15, 0.2) is 18.2 Å². The van der Waals surface area contributed by atoms with Crippen LogP contribution in [0.25, 0.3) is 0 Å². The predicted octanol–water partition coefficient (Wildman–Crippen LogP) is 2.98. The third-order valence-corrected chi connectivity index (χ3v) is 4.13. The maximum atomic E-state index is 6.48. The van der Waals surface area contributed by atoms with Crippen molar-refractivity contribution in [3.63, 3.8) is 0 Å². The highest BCUT2D eigenvalue weighted by Gasteiger charge is 2.15. The van der Waals surface area contributed by atoms with E-state index in [-0.39, 0.29) is 0 Å². The number of anilines is 1. The number of likely N-dealkylation sites (N-methyl/N-ethyl adjacent to an activating group) is 1. The normalized spacial score (nSPS) is 17.2. The molecule has 1 aromatic rings. The van der Waals surface area contributed by atoms with Crippen LogP contribution in [0.1, 0.15) is 25.3 Å². The summed E-state index contributed by atoms with van der Waals surface area (Å²) in [5.74, 6) is 0. The smallest absolute Gasteiger partial charge is 0.0642 e. The summed E-state index contributed by atoms with van der Waals surface area (Å²) >= 11 is 6.48. The van der Waals surface area contributed by atoms with Crippen LogP contribution in [-0.4, -0.2) is 44.7 Å². The molecule has 3 nitrogen and oxygen atoms in total. The van der Waals surface area contributed by atoms with Gasteiger partial charge in [0.15, 0.2) is 0 Å². The number of halogens is 1. The summed E-state index contributed by atoms with van der Waals surface area (Å²) in [4.78, 5) is 4.80. The largest absolute Gasteiger partial charge is 0.369 e. The van der Waals surface area contributed by atoms with E-state index in [4.69, 9.17) is 11.6 Å². The summed E-state index contributed by atoms with van der Waals surface area (Å²) in [7, 11) is 2.19. The summed E-state index contributed by atoms with van der Waals surface area (Å²) in [6.45, 7) is 8.57. The van der Waals surface area contributed by atoms with Crippen molar-refractivity contribution < 1.29 is 0 Å². The van der Waals surface area contributed by atoms with Gasteiger partial charge in [-0.25, -0.2) is 0 Å². The van der Waals surface area contributed by atoms with Crippen LogP contribution < -0.4 is 10.2 Å². The number of hydrogen-bond donors (Lipinski definition) is 1. The molecular formula is C16H26ClN3. The molecule has 1 aromatic carbocycles. The van der Waals surface area contributed by atoms with Gasteiger partial charge in [0.2, 0.25) is 0 Å². The monoisotopic (exact) mass is 295 g/mol. The molecule has 112 valence electrons. The van der Waals surface area contributed by atoms with Crippen molar-refractivity contribution in [3.8, 4) is 0 Å². The SMILES string of the molecule is CCCNCc1ccc(N2CCCN(C)CC2)c(Cl)c1. The molecule has 1 aliphatic rings. The Morgan fingerprint density at radius 1 is 1.20 bits per heavy atom. The van der Waals surface area contributed by atoms with Crippen molar-refractivity contribution in [1.29, 1.82) is 0 Å². The number of rotatable bonds is 5. The zero-order chi connectivity index (χ0) is 14.4. The average molecular weight is 296 g/mol. The lowest BCUT2D eigenvalue weighted by Gasteiger charge is -2.24. The van der Waals surface area contributed by atoms with Gasteiger partial charge >= 0.3 is 0 Å². The van der Waals surface area contributed by atoms with Crippen molar-refractivity contribution in [1.82, 2.24) is 10.2 Å². The van der Waals surface area contributed by atoms with Crippen LogP contribution in [0.2, 0.25) is 5.02 Å². The summed E-state index contributed by atoms with van der Waals surface area (Å²) in [6, 6.07) is 6.48. The summed E-state index contributed by atoms with van der Waals surface area (Å²) in [5.41, 5.74) is 2.44. The van der Waals surface area contributed by atoms with Crippen molar-refractivity contribution in [3.05, 3.63) is 28.8 Å². The first-order valence-electron chi connectivity index (χ1n) is 7.63. The standard InChI is InChI=1S/C16H26ClN3/c1-3-7-18-13-14-5-6-16(15(17)12-14)20-9-4-8-19(2)10-11-20/h5-6,12,18H,3-4,7-11,13H2,1-2H3. The summed E-state index contributed by atoms with van der Waals surface area (Å²) < 4.78 is 0. The van der Waals surface area contributed by atoms with Crippen molar-refractivity contribution >= 4 is 17.3 Å². The van der Waals surface area contributed by atoms with E-state index in [2.05, 4.69) is 47.3 Å². The number of hydrogen-bond acceptors (Lipinski definition) is 3. The first-order chi connectivity index (χ1) is 9.70. The Hall–Kier alpha value is -0.770. The molecule has 4 heteroatoms. The minimum Gasteiger partial charge on any atom is -0.369 e. The molecular weight excluding hydrogens is 270 g/mol. The van der Waals surface area contributed by atoms with Gasteiger partial charge in [-0.1, -0.05) is 24.6 Å². The maximum Gasteiger partial charge on any atom is 0.0642 e. The summed E-state index contributed by atoms with van der Waals surface area (Å²) in [6.07, 6.45) is 2.36. The lowest BCUT2D eigenvalue weighted by atomic mass is 10.2. The molecule has 1 saturated heterocycles. The van der Waals surface area contributed by atoms with E-state index in [1.165, 1.54) is 24.2 Å². The molecule has 20 heavy (non-hydrogen) atoms. The lowest BCUT2D eigenvalue weighted by molar-refractivity contribution is 0.360. The van der Waals surface area contributed by atoms with Crippen molar-refractivity contribution in [2.75, 3.05) is 44.7 Å². The predicted molar refractivity (Wildman–Crippen MR) is 87.8 cm³/mol. The number of nitrogens with one attached hydrogen (secondary N) is 1. The van der Waals surface area contributed by atoms with E-state index in [1.54, 1.807) is 0 Å². The zero-order valence-corrected chi connectivity index (χ0v) is 13.4. The van der Waals surface area contributed by atoms with Gasteiger partial charge in [0.25, 0.3) is 0 Å². The second-order valence-electron chi connectivity index (χ2n) is 5.61. The Morgan fingerprint density at radius 3 is 2.80 bits per heavy atom. The van der Waals surface area contributed by atoms with Crippen LogP contribution in [0.3, 0.4) is 0 Å². The van der Waals surface area contributed by atoms with Crippen molar-refractivity contribution in [2.24, 2.45) is 0 Å². The van der Waals surface area contributed by atoms with Gasteiger partial charge < -0.3 is 15.1 Å². The molecule has 1 N–H and O–H groups in total. The number of benzene rings is 1. The van der Waals surface area contributed by atoms with Crippen LogP contribution in [0.4, 0.5) is 5.69 Å². The molecule has 2 rings (SSSR count). The van der Waals surface area contributed by atoms with Crippen LogP contribution in [-0.2, 0) is 6.54 Å². The quantitative estimate of drug-likeness (QED) is 0.843. The highest BCUT2D eigenvalue weighted by atomic mass is 35.5.